The van der Waals surface area contributed by atoms with Gasteiger partial charge in [0.2, 0.25) is 0 Å². The molecule has 0 fully saturated rings. The van der Waals surface area contributed by atoms with Crippen LogP contribution in [0.4, 0.5) is 0 Å². The number of fused-ring (bicyclic) bond motifs is 9. The Morgan fingerprint density at radius 2 is 0.949 bits per heavy atom. The molecule has 12 rings (SSSR count). The number of para-hydroxylation sites is 1. The molecule has 0 radical (unpaired) electrons. The van der Waals surface area contributed by atoms with E-state index in [-0.39, 0.29) is 11.3 Å². The SMILES string of the molecule is CC1(C)c2ccccc2-c2cc3c(cc21)-c1cc(-c2ccc4c(c2)c2ccccc2n4-c2ccc(-c4ccccc4)cc2)ccc1C3c1cccc(-c2ccccc2)c1. The molecule has 1 heteroatoms. The monoisotopic (exact) mass is 751 g/mol. The molecule has 1 atom stereocenters. The van der Waals surface area contributed by atoms with Gasteiger partial charge >= 0.3 is 0 Å². The van der Waals surface area contributed by atoms with Gasteiger partial charge in [-0.3, -0.25) is 0 Å². The van der Waals surface area contributed by atoms with Crippen LogP contribution in [0.5, 0.6) is 0 Å². The van der Waals surface area contributed by atoms with Crippen LogP contribution in [0.1, 0.15) is 47.6 Å². The first-order valence-electron chi connectivity index (χ1n) is 20.8. The van der Waals surface area contributed by atoms with Crippen molar-refractivity contribution in [3.8, 4) is 61.3 Å². The summed E-state index contributed by atoms with van der Waals surface area (Å²) in [5.41, 5.74) is 23.3. The Hall–Kier alpha value is -7.22. The molecule has 2 aliphatic rings. The van der Waals surface area contributed by atoms with E-state index in [1.165, 1.54) is 105 Å². The molecule has 1 aromatic heterocycles. The molecular weight excluding hydrogens is 711 g/mol. The first-order chi connectivity index (χ1) is 29.0. The number of hydrogen-bond acceptors (Lipinski definition) is 0. The van der Waals surface area contributed by atoms with Crippen LogP contribution in [0.15, 0.2) is 206 Å². The van der Waals surface area contributed by atoms with Gasteiger partial charge in [-0.25, -0.2) is 0 Å². The van der Waals surface area contributed by atoms with E-state index in [1.807, 2.05) is 0 Å². The highest BCUT2D eigenvalue weighted by Gasteiger charge is 2.39. The second-order valence-electron chi connectivity index (χ2n) is 16.9. The van der Waals surface area contributed by atoms with Crippen LogP contribution >= 0.6 is 0 Å². The molecule has 1 heterocycles. The van der Waals surface area contributed by atoms with Gasteiger partial charge < -0.3 is 4.57 Å². The molecule has 2 aliphatic carbocycles. The van der Waals surface area contributed by atoms with E-state index in [0.29, 0.717) is 0 Å². The number of benzene rings is 9. The lowest BCUT2D eigenvalue weighted by Crippen LogP contribution is -2.15. The minimum absolute atomic E-state index is 0.0782. The van der Waals surface area contributed by atoms with Crippen molar-refractivity contribution >= 4 is 21.8 Å². The van der Waals surface area contributed by atoms with Gasteiger partial charge in [0.25, 0.3) is 0 Å². The normalized spacial score (nSPS) is 14.6. The van der Waals surface area contributed by atoms with E-state index in [9.17, 15) is 0 Å². The maximum absolute atomic E-state index is 2.54. The van der Waals surface area contributed by atoms with Crippen LogP contribution in [0.3, 0.4) is 0 Å². The Labute approximate surface area is 345 Å². The molecule has 0 bridgehead atoms. The maximum Gasteiger partial charge on any atom is 0.0541 e. The van der Waals surface area contributed by atoms with Crippen molar-refractivity contribution in [1.82, 2.24) is 4.57 Å². The van der Waals surface area contributed by atoms with E-state index < -0.39 is 0 Å². The Kier molecular flexibility index (Phi) is 7.40. The van der Waals surface area contributed by atoms with Crippen LogP contribution in [0.25, 0.3) is 83.1 Å². The summed E-state index contributed by atoms with van der Waals surface area (Å²) in [6.45, 7) is 4.78. The van der Waals surface area contributed by atoms with Gasteiger partial charge in [-0.05, 0) is 132 Å². The number of hydrogen-bond donors (Lipinski definition) is 0. The predicted octanol–water partition coefficient (Wildman–Crippen LogP) is 15.3. The van der Waals surface area contributed by atoms with E-state index in [0.717, 1.165) is 5.69 Å². The summed E-state index contributed by atoms with van der Waals surface area (Å²) in [5, 5.41) is 2.53. The fourth-order valence-electron chi connectivity index (χ4n) is 10.4. The van der Waals surface area contributed by atoms with Crippen LogP contribution in [-0.2, 0) is 5.41 Å². The Morgan fingerprint density at radius 1 is 0.356 bits per heavy atom. The third kappa shape index (κ3) is 5.18. The van der Waals surface area contributed by atoms with Crippen LogP contribution in [-0.4, -0.2) is 4.57 Å². The molecule has 0 saturated heterocycles. The summed E-state index contributed by atoms with van der Waals surface area (Å²) in [5.74, 6) is 0.132. The summed E-state index contributed by atoms with van der Waals surface area (Å²) < 4.78 is 2.41. The van der Waals surface area contributed by atoms with Gasteiger partial charge in [-0.2, -0.15) is 0 Å². The molecule has 10 aromatic rings. The smallest absolute Gasteiger partial charge is 0.0541 e. The minimum Gasteiger partial charge on any atom is -0.309 e. The van der Waals surface area contributed by atoms with Crippen molar-refractivity contribution in [1.29, 1.82) is 0 Å². The third-order valence-electron chi connectivity index (χ3n) is 13.3. The second kappa shape index (κ2) is 12.9. The fraction of sp³-hybridized carbons (Fsp3) is 0.0690. The lowest BCUT2D eigenvalue weighted by atomic mass is 9.81. The highest BCUT2D eigenvalue weighted by Crippen LogP contribution is 2.56. The zero-order chi connectivity index (χ0) is 39.2. The number of aromatic nitrogens is 1. The Bertz CT molecular complexity index is 3270. The van der Waals surface area contributed by atoms with Crippen molar-refractivity contribution in [2.24, 2.45) is 0 Å². The van der Waals surface area contributed by atoms with E-state index in [2.05, 4.69) is 225 Å². The lowest BCUT2D eigenvalue weighted by Gasteiger charge is -2.22. The first-order valence-corrected chi connectivity index (χ1v) is 20.8. The van der Waals surface area contributed by atoms with Crippen LogP contribution in [0.2, 0.25) is 0 Å². The highest BCUT2D eigenvalue weighted by molar-refractivity contribution is 6.10. The lowest BCUT2D eigenvalue weighted by molar-refractivity contribution is 0.660. The predicted molar refractivity (Wildman–Crippen MR) is 247 cm³/mol. The van der Waals surface area contributed by atoms with Crippen molar-refractivity contribution in [2.45, 2.75) is 25.2 Å². The molecule has 0 aliphatic heterocycles. The molecule has 1 nitrogen and oxygen atoms in total. The van der Waals surface area contributed by atoms with Crippen LogP contribution < -0.4 is 0 Å². The topological polar surface area (TPSA) is 4.93 Å². The average Bonchev–Trinajstić information content (AvgIpc) is 3.88. The molecule has 1 unspecified atom stereocenters. The molecule has 0 amide bonds. The van der Waals surface area contributed by atoms with Gasteiger partial charge in [-0.1, -0.05) is 172 Å². The van der Waals surface area contributed by atoms with Gasteiger partial charge in [0.15, 0.2) is 0 Å². The summed E-state index contributed by atoms with van der Waals surface area (Å²) in [6, 6.07) is 76.8. The van der Waals surface area contributed by atoms with Crippen molar-refractivity contribution in [3.05, 3.63) is 234 Å². The first kappa shape index (κ1) is 33.9. The van der Waals surface area contributed by atoms with E-state index in [1.54, 1.807) is 0 Å². The zero-order valence-electron chi connectivity index (χ0n) is 33.2. The highest BCUT2D eigenvalue weighted by atomic mass is 15.0. The summed E-state index contributed by atoms with van der Waals surface area (Å²) >= 11 is 0. The largest absolute Gasteiger partial charge is 0.309 e. The fourth-order valence-corrected chi connectivity index (χ4v) is 10.4. The molecular formula is C58H41N. The van der Waals surface area contributed by atoms with Crippen LogP contribution in [0, 0.1) is 0 Å². The van der Waals surface area contributed by atoms with Gasteiger partial charge in [0.1, 0.15) is 0 Å². The van der Waals surface area contributed by atoms with Gasteiger partial charge in [0, 0.05) is 27.8 Å². The molecule has 59 heavy (non-hydrogen) atoms. The van der Waals surface area contributed by atoms with Crippen molar-refractivity contribution < 1.29 is 0 Å². The number of rotatable bonds is 5. The van der Waals surface area contributed by atoms with Gasteiger partial charge in [-0.15, -0.1) is 0 Å². The third-order valence-corrected chi connectivity index (χ3v) is 13.3. The van der Waals surface area contributed by atoms with E-state index >= 15 is 0 Å². The quantitative estimate of drug-likeness (QED) is 0.165. The maximum atomic E-state index is 2.54. The molecule has 0 saturated carbocycles. The minimum atomic E-state index is -0.0782. The van der Waals surface area contributed by atoms with E-state index in [4.69, 9.17) is 0 Å². The summed E-state index contributed by atoms with van der Waals surface area (Å²) in [7, 11) is 0. The second-order valence-corrected chi connectivity index (χ2v) is 16.9. The Morgan fingerprint density at radius 3 is 1.76 bits per heavy atom. The molecule has 0 spiro atoms. The zero-order valence-corrected chi connectivity index (χ0v) is 33.2. The number of nitrogens with zero attached hydrogens (tertiary/aromatic N) is 1. The van der Waals surface area contributed by atoms with Crippen molar-refractivity contribution in [3.63, 3.8) is 0 Å². The molecule has 9 aromatic carbocycles. The molecule has 278 valence electrons. The summed E-state index contributed by atoms with van der Waals surface area (Å²) in [6.07, 6.45) is 0. The van der Waals surface area contributed by atoms with Gasteiger partial charge in [0.05, 0.1) is 11.0 Å². The summed E-state index contributed by atoms with van der Waals surface area (Å²) in [4.78, 5) is 0. The standard InChI is InChI=1S/C58H41N/c1-58(2)53-22-11-9-20-45(53)50-35-52-49(36-54(50)58)48-33-41(26-30-47(48)57(52)43-19-13-18-40(32-43)38-16-7-4-8-17-38)42-27-31-56-51(34-42)46-21-10-12-23-55(46)59(56)44-28-24-39(25-29-44)37-14-5-3-6-15-37/h3-36,57H,1-2H3. The molecule has 0 N–H and O–H groups in total. The average molecular weight is 752 g/mol. The Balaban J connectivity index is 1.01. The van der Waals surface area contributed by atoms with Crippen molar-refractivity contribution in [2.75, 3.05) is 0 Å².